The van der Waals surface area contributed by atoms with Gasteiger partial charge in [-0.25, -0.2) is 9.59 Å². The molecule has 0 aliphatic heterocycles. The Morgan fingerprint density at radius 2 is 1.86 bits per heavy atom. The highest BCUT2D eigenvalue weighted by Gasteiger charge is 2.12. The first-order valence-corrected chi connectivity index (χ1v) is 5.92. The van der Waals surface area contributed by atoms with Crippen molar-refractivity contribution >= 4 is 29.2 Å². The van der Waals surface area contributed by atoms with E-state index >= 15 is 0 Å². The van der Waals surface area contributed by atoms with Crippen LogP contribution in [0.25, 0.3) is 0 Å². The van der Waals surface area contributed by atoms with Gasteiger partial charge < -0.3 is 15.4 Å². The van der Waals surface area contributed by atoms with E-state index in [1.807, 2.05) is 4.98 Å². The molecule has 1 aromatic carbocycles. The van der Waals surface area contributed by atoms with E-state index in [4.69, 9.17) is 16.7 Å². The predicted molar refractivity (Wildman–Crippen MR) is 74.0 cm³/mol. The third-order valence-corrected chi connectivity index (χ3v) is 2.78. The second kappa shape index (κ2) is 5.63. The molecule has 0 bridgehead atoms. The van der Waals surface area contributed by atoms with Gasteiger partial charge in [0.2, 0.25) is 0 Å². The van der Waals surface area contributed by atoms with Gasteiger partial charge in [0.05, 0.1) is 16.3 Å². The van der Waals surface area contributed by atoms with E-state index < -0.39 is 23.1 Å². The van der Waals surface area contributed by atoms with Crippen LogP contribution in [0.15, 0.2) is 33.9 Å². The summed E-state index contributed by atoms with van der Waals surface area (Å²) in [5.74, 6) is -1.92. The SMILES string of the molecule is O=C(O)c1ccc(NC(=O)c2cc(=O)[nH]c(=O)[nH]2)c(Cl)c1. The Labute approximate surface area is 121 Å². The number of rotatable bonds is 3. The van der Waals surface area contributed by atoms with Crippen molar-refractivity contribution in [1.29, 1.82) is 0 Å². The maximum Gasteiger partial charge on any atom is 0.335 e. The van der Waals surface area contributed by atoms with Gasteiger partial charge in [-0.3, -0.25) is 14.6 Å². The van der Waals surface area contributed by atoms with Gasteiger partial charge in [0.1, 0.15) is 5.69 Å². The van der Waals surface area contributed by atoms with Gasteiger partial charge >= 0.3 is 11.7 Å². The monoisotopic (exact) mass is 309 g/mol. The first kappa shape index (κ1) is 14.5. The molecule has 0 saturated heterocycles. The fourth-order valence-electron chi connectivity index (χ4n) is 1.53. The molecule has 0 spiro atoms. The lowest BCUT2D eigenvalue weighted by atomic mass is 10.2. The van der Waals surface area contributed by atoms with Crippen molar-refractivity contribution in [3.8, 4) is 0 Å². The summed E-state index contributed by atoms with van der Waals surface area (Å²) < 4.78 is 0. The molecule has 0 aliphatic carbocycles. The minimum absolute atomic E-state index is 0.00966. The molecule has 2 rings (SSSR count). The fraction of sp³-hybridized carbons (Fsp3) is 0. The van der Waals surface area contributed by atoms with E-state index in [9.17, 15) is 19.2 Å². The van der Waals surface area contributed by atoms with Crippen LogP contribution < -0.4 is 16.6 Å². The Hall–Kier alpha value is -2.87. The van der Waals surface area contributed by atoms with Crippen LogP contribution in [0.5, 0.6) is 0 Å². The molecule has 108 valence electrons. The molecule has 1 aromatic heterocycles. The van der Waals surface area contributed by atoms with Crippen molar-refractivity contribution in [3.05, 3.63) is 61.4 Å². The number of carboxylic acid groups (broad SMARTS) is 1. The van der Waals surface area contributed by atoms with Crippen LogP contribution in [0, 0.1) is 0 Å². The van der Waals surface area contributed by atoms with Gasteiger partial charge in [-0.15, -0.1) is 0 Å². The van der Waals surface area contributed by atoms with Crippen molar-refractivity contribution in [3.63, 3.8) is 0 Å². The molecule has 4 N–H and O–H groups in total. The summed E-state index contributed by atoms with van der Waals surface area (Å²) in [7, 11) is 0. The van der Waals surface area contributed by atoms with Crippen LogP contribution in [0.4, 0.5) is 5.69 Å². The van der Waals surface area contributed by atoms with Crippen molar-refractivity contribution in [2.45, 2.75) is 0 Å². The normalized spacial score (nSPS) is 10.1. The molecule has 0 atom stereocenters. The number of anilines is 1. The smallest absolute Gasteiger partial charge is 0.335 e. The number of nitrogens with one attached hydrogen (secondary N) is 3. The molecular formula is C12H8ClN3O5. The topological polar surface area (TPSA) is 132 Å². The predicted octanol–water partition coefficient (Wildman–Crippen LogP) is 0.667. The van der Waals surface area contributed by atoms with Crippen LogP contribution in [0.3, 0.4) is 0 Å². The van der Waals surface area contributed by atoms with Crippen LogP contribution in [-0.4, -0.2) is 27.0 Å². The second-order valence-corrected chi connectivity index (χ2v) is 4.36. The van der Waals surface area contributed by atoms with Crippen molar-refractivity contribution in [2.75, 3.05) is 5.32 Å². The quantitative estimate of drug-likeness (QED) is 0.661. The zero-order valence-electron chi connectivity index (χ0n) is 10.3. The zero-order valence-corrected chi connectivity index (χ0v) is 11.0. The zero-order chi connectivity index (χ0) is 15.6. The summed E-state index contributed by atoms with van der Waals surface area (Å²) >= 11 is 5.85. The molecule has 0 radical (unpaired) electrons. The molecule has 21 heavy (non-hydrogen) atoms. The van der Waals surface area contributed by atoms with Gasteiger partial charge in [-0.2, -0.15) is 0 Å². The van der Waals surface area contributed by atoms with Crippen LogP contribution >= 0.6 is 11.6 Å². The third kappa shape index (κ3) is 3.37. The first-order chi connectivity index (χ1) is 9.86. The van der Waals surface area contributed by atoms with Crippen LogP contribution in [-0.2, 0) is 0 Å². The average molecular weight is 310 g/mol. The number of hydrogen-bond acceptors (Lipinski definition) is 4. The molecule has 0 saturated carbocycles. The number of hydrogen-bond donors (Lipinski definition) is 4. The average Bonchev–Trinajstić information content (AvgIpc) is 2.39. The van der Waals surface area contributed by atoms with E-state index in [2.05, 4.69) is 10.3 Å². The van der Waals surface area contributed by atoms with Gasteiger partial charge in [-0.1, -0.05) is 11.6 Å². The lowest BCUT2D eigenvalue weighted by molar-refractivity contribution is 0.0696. The number of carbonyl (C=O) groups excluding carboxylic acids is 1. The van der Waals surface area contributed by atoms with E-state index in [0.717, 1.165) is 6.07 Å². The Balaban J connectivity index is 2.29. The number of H-pyrrole nitrogens is 2. The van der Waals surface area contributed by atoms with Crippen molar-refractivity contribution in [2.24, 2.45) is 0 Å². The summed E-state index contributed by atoms with van der Waals surface area (Å²) in [5.41, 5.74) is -1.69. The van der Waals surface area contributed by atoms with Gasteiger partial charge in [-0.05, 0) is 18.2 Å². The first-order valence-electron chi connectivity index (χ1n) is 5.54. The number of carbonyl (C=O) groups is 2. The Bertz CT molecular complexity index is 811. The van der Waals surface area contributed by atoms with Crippen molar-refractivity contribution in [1.82, 2.24) is 9.97 Å². The molecule has 0 fully saturated rings. The fourth-order valence-corrected chi connectivity index (χ4v) is 1.76. The Morgan fingerprint density at radius 3 is 2.43 bits per heavy atom. The Morgan fingerprint density at radius 1 is 1.14 bits per heavy atom. The standard InChI is InChI=1S/C12H8ClN3O5/c13-6-3-5(11(19)20)1-2-7(6)14-10(18)8-4-9(17)16-12(21)15-8/h1-4H,(H,14,18)(H,19,20)(H2,15,16,17,21). The van der Waals surface area contributed by atoms with Crippen LogP contribution in [0.2, 0.25) is 5.02 Å². The lowest BCUT2D eigenvalue weighted by Gasteiger charge is -2.07. The third-order valence-electron chi connectivity index (χ3n) is 2.47. The van der Waals surface area contributed by atoms with E-state index in [0.29, 0.717) is 0 Å². The van der Waals surface area contributed by atoms with Gasteiger partial charge in [0, 0.05) is 6.07 Å². The molecule has 2 aromatic rings. The van der Waals surface area contributed by atoms with E-state index in [-0.39, 0.29) is 22.0 Å². The lowest BCUT2D eigenvalue weighted by Crippen LogP contribution is -2.27. The van der Waals surface area contributed by atoms with E-state index in [1.54, 1.807) is 0 Å². The number of benzene rings is 1. The van der Waals surface area contributed by atoms with Crippen molar-refractivity contribution < 1.29 is 14.7 Å². The molecule has 0 aliphatic rings. The number of amides is 1. The second-order valence-electron chi connectivity index (χ2n) is 3.96. The summed E-state index contributed by atoms with van der Waals surface area (Å²) in [4.78, 5) is 48.9. The van der Waals surface area contributed by atoms with Gasteiger partial charge in [0.25, 0.3) is 11.5 Å². The molecule has 9 heteroatoms. The maximum absolute atomic E-state index is 11.9. The number of aromatic carboxylic acids is 1. The summed E-state index contributed by atoms with van der Waals surface area (Å²) in [5, 5.41) is 11.2. The molecule has 1 heterocycles. The summed E-state index contributed by atoms with van der Waals surface area (Å²) in [6.07, 6.45) is 0. The molecular weight excluding hydrogens is 302 g/mol. The number of aromatic amines is 2. The molecule has 1 amide bonds. The summed E-state index contributed by atoms with van der Waals surface area (Å²) in [6.45, 7) is 0. The minimum atomic E-state index is -1.16. The highest BCUT2D eigenvalue weighted by Crippen LogP contribution is 2.23. The molecule has 8 nitrogen and oxygen atoms in total. The highest BCUT2D eigenvalue weighted by molar-refractivity contribution is 6.34. The Kier molecular flexibility index (Phi) is 3.90. The number of aromatic nitrogens is 2. The summed E-state index contributed by atoms with van der Waals surface area (Å²) in [6, 6.07) is 4.63. The van der Waals surface area contributed by atoms with E-state index in [1.165, 1.54) is 18.2 Å². The van der Waals surface area contributed by atoms with Gasteiger partial charge in [0.15, 0.2) is 0 Å². The minimum Gasteiger partial charge on any atom is -0.478 e. The number of halogens is 1. The molecule has 0 unspecified atom stereocenters. The van der Waals surface area contributed by atoms with Crippen LogP contribution in [0.1, 0.15) is 20.8 Å². The largest absolute Gasteiger partial charge is 0.478 e. The number of carboxylic acids is 1. The maximum atomic E-state index is 11.9. The highest BCUT2D eigenvalue weighted by atomic mass is 35.5.